The lowest BCUT2D eigenvalue weighted by atomic mass is 10.2. The molecule has 6 heteroatoms. The number of para-hydroxylation sites is 1. The van der Waals surface area contributed by atoms with Gasteiger partial charge in [0.2, 0.25) is 5.91 Å². The van der Waals surface area contributed by atoms with Gasteiger partial charge in [-0.15, -0.1) is 11.3 Å². The first kappa shape index (κ1) is 16.0. The molecule has 2 aromatic heterocycles. The third-order valence-corrected chi connectivity index (χ3v) is 5.16. The maximum absolute atomic E-state index is 12.0. The second-order valence-corrected chi connectivity index (χ2v) is 7.28. The van der Waals surface area contributed by atoms with Crippen molar-refractivity contribution in [3.8, 4) is 0 Å². The standard InChI is InChI=1S/C17H19N3OS2/c1-12-15(23-17(22)19-12)11-16(21)18-8-4-9-20-10-7-13-5-2-3-6-14(13)20/h2-3,5-7,10H,4,8-9,11H2,1H3,(H,18,21)(H,19,22). The van der Waals surface area contributed by atoms with Crippen molar-refractivity contribution >= 4 is 40.4 Å². The molecule has 0 bridgehead atoms. The van der Waals surface area contributed by atoms with E-state index in [0.717, 1.165) is 27.5 Å². The molecule has 3 rings (SSSR count). The third-order valence-electron chi connectivity index (χ3n) is 3.82. The molecule has 0 saturated heterocycles. The molecule has 23 heavy (non-hydrogen) atoms. The van der Waals surface area contributed by atoms with Crippen molar-refractivity contribution in [2.75, 3.05) is 6.54 Å². The van der Waals surface area contributed by atoms with Crippen molar-refractivity contribution in [3.05, 3.63) is 51.1 Å². The molecule has 0 unspecified atom stereocenters. The Bertz CT molecular complexity index is 875. The highest BCUT2D eigenvalue weighted by Crippen LogP contribution is 2.16. The zero-order valence-electron chi connectivity index (χ0n) is 13.0. The van der Waals surface area contributed by atoms with Crippen LogP contribution in [0, 0.1) is 10.9 Å². The Hall–Kier alpha value is -1.92. The molecule has 0 atom stereocenters. The first-order chi connectivity index (χ1) is 11.1. The molecular weight excluding hydrogens is 326 g/mol. The summed E-state index contributed by atoms with van der Waals surface area (Å²) in [5.41, 5.74) is 2.23. The summed E-state index contributed by atoms with van der Waals surface area (Å²) < 4.78 is 2.95. The van der Waals surface area contributed by atoms with Gasteiger partial charge in [-0.2, -0.15) is 0 Å². The maximum Gasteiger partial charge on any atom is 0.225 e. The Morgan fingerprint density at radius 3 is 2.96 bits per heavy atom. The van der Waals surface area contributed by atoms with E-state index >= 15 is 0 Å². The first-order valence-electron chi connectivity index (χ1n) is 7.62. The van der Waals surface area contributed by atoms with E-state index in [9.17, 15) is 4.79 Å². The fourth-order valence-electron chi connectivity index (χ4n) is 2.63. The Labute approximate surface area is 144 Å². The number of hydrogen-bond acceptors (Lipinski definition) is 3. The van der Waals surface area contributed by atoms with Crippen molar-refractivity contribution in [2.24, 2.45) is 0 Å². The smallest absolute Gasteiger partial charge is 0.225 e. The van der Waals surface area contributed by atoms with E-state index in [2.05, 4.69) is 45.3 Å². The van der Waals surface area contributed by atoms with Crippen LogP contribution in [0.2, 0.25) is 0 Å². The van der Waals surface area contributed by atoms with Gasteiger partial charge in [-0.3, -0.25) is 4.79 Å². The van der Waals surface area contributed by atoms with Crippen LogP contribution in [0.5, 0.6) is 0 Å². The zero-order valence-corrected chi connectivity index (χ0v) is 14.6. The van der Waals surface area contributed by atoms with Crippen molar-refractivity contribution in [1.29, 1.82) is 0 Å². The number of nitrogens with zero attached hydrogens (tertiary/aromatic N) is 1. The monoisotopic (exact) mass is 345 g/mol. The summed E-state index contributed by atoms with van der Waals surface area (Å²) in [5, 5.41) is 4.24. The molecule has 0 aliphatic rings. The fraction of sp³-hybridized carbons (Fsp3) is 0.294. The summed E-state index contributed by atoms with van der Waals surface area (Å²) in [4.78, 5) is 16.1. The number of fused-ring (bicyclic) bond motifs is 1. The van der Waals surface area contributed by atoms with Gasteiger partial charge in [-0.05, 0) is 43.1 Å². The van der Waals surface area contributed by atoms with E-state index in [1.165, 1.54) is 22.2 Å². The molecule has 0 aliphatic heterocycles. The van der Waals surface area contributed by atoms with Gasteiger partial charge in [-0.25, -0.2) is 0 Å². The first-order valence-corrected chi connectivity index (χ1v) is 8.85. The average Bonchev–Trinajstić information content (AvgIpc) is 3.07. The van der Waals surface area contributed by atoms with Crippen molar-refractivity contribution in [3.63, 3.8) is 0 Å². The Morgan fingerprint density at radius 1 is 1.35 bits per heavy atom. The van der Waals surface area contributed by atoms with E-state index < -0.39 is 0 Å². The second-order valence-electron chi connectivity index (χ2n) is 5.51. The number of aromatic amines is 1. The Kier molecular flexibility index (Phi) is 4.93. The minimum Gasteiger partial charge on any atom is -0.356 e. The lowest BCUT2D eigenvalue weighted by Crippen LogP contribution is -2.26. The van der Waals surface area contributed by atoms with Crippen molar-refractivity contribution < 1.29 is 4.79 Å². The molecule has 0 fully saturated rings. The van der Waals surface area contributed by atoms with Crippen LogP contribution >= 0.6 is 23.6 Å². The average molecular weight is 345 g/mol. The highest BCUT2D eigenvalue weighted by atomic mass is 32.1. The molecule has 120 valence electrons. The number of carbonyl (C=O) groups excluding carboxylic acids is 1. The van der Waals surface area contributed by atoms with Gasteiger partial charge < -0.3 is 14.9 Å². The van der Waals surface area contributed by atoms with Gasteiger partial charge in [0.25, 0.3) is 0 Å². The minimum absolute atomic E-state index is 0.0516. The van der Waals surface area contributed by atoms with Crippen LogP contribution in [0.15, 0.2) is 36.5 Å². The highest BCUT2D eigenvalue weighted by molar-refractivity contribution is 7.73. The number of hydrogen-bond donors (Lipinski definition) is 2. The van der Waals surface area contributed by atoms with Crippen LogP contribution in [0.4, 0.5) is 0 Å². The summed E-state index contributed by atoms with van der Waals surface area (Å²) in [6.07, 6.45) is 3.41. The largest absolute Gasteiger partial charge is 0.356 e. The number of rotatable bonds is 6. The minimum atomic E-state index is 0.0516. The summed E-state index contributed by atoms with van der Waals surface area (Å²) in [7, 11) is 0. The van der Waals surface area contributed by atoms with Crippen LogP contribution in [0.1, 0.15) is 17.0 Å². The lowest BCUT2D eigenvalue weighted by Gasteiger charge is -2.07. The summed E-state index contributed by atoms with van der Waals surface area (Å²) in [6.45, 7) is 3.53. The number of aromatic nitrogens is 2. The van der Waals surface area contributed by atoms with Gasteiger partial charge in [0.15, 0.2) is 3.95 Å². The normalized spacial score (nSPS) is 11.0. The maximum atomic E-state index is 12.0. The molecule has 2 N–H and O–H groups in total. The van der Waals surface area contributed by atoms with E-state index in [1.54, 1.807) is 0 Å². The number of amides is 1. The van der Waals surface area contributed by atoms with E-state index in [1.807, 2.05) is 13.0 Å². The highest BCUT2D eigenvalue weighted by Gasteiger charge is 2.08. The van der Waals surface area contributed by atoms with Gasteiger partial charge >= 0.3 is 0 Å². The second kappa shape index (κ2) is 7.10. The molecule has 2 heterocycles. The van der Waals surface area contributed by atoms with Crippen LogP contribution in [0.3, 0.4) is 0 Å². The predicted octanol–water partition coefficient (Wildman–Crippen LogP) is 3.82. The van der Waals surface area contributed by atoms with Gasteiger partial charge in [0.05, 0.1) is 6.42 Å². The molecule has 0 saturated carbocycles. The van der Waals surface area contributed by atoms with Gasteiger partial charge in [0.1, 0.15) is 0 Å². The van der Waals surface area contributed by atoms with Crippen LogP contribution in [-0.2, 0) is 17.8 Å². The summed E-state index contributed by atoms with van der Waals surface area (Å²) in [6, 6.07) is 10.5. The summed E-state index contributed by atoms with van der Waals surface area (Å²) >= 11 is 6.57. The molecule has 0 aliphatic carbocycles. The summed E-state index contributed by atoms with van der Waals surface area (Å²) in [5.74, 6) is 0.0516. The van der Waals surface area contributed by atoms with Crippen molar-refractivity contribution in [1.82, 2.24) is 14.9 Å². The quantitative estimate of drug-likeness (QED) is 0.527. The van der Waals surface area contributed by atoms with Gasteiger partial charge in [-0.1, -0.05) is 18.2 Å². The Morgan fingerprint density at radius 2 is 2.17 bits per heavy atom. The van der Waals surface area contributed by atoms with Crippen LogP contribution < -0.4 is 5.32 Å². The number of benzene rings is 1. The molecule has 1 amide bonds. The molecule has 1 aromatic carbocycles. The van der Waals surface area contributed by atoms with E-state index in [4.69, 9.17) is 12.2 Å². The SMILES string of the molecule is Cc1[nH]c(=S)sc1CC(=O)NCCCn1ccc2ccccc21. The number of carbonyl (C=O) groups is 1. The molecular formula is C17H19N3OS2. The Balaban J connectivity index is 1.47. The molecule has 0 spiro atoms. The number of aryl methyl sites for hydroxylation is 2. The van der Waals surface area contributed by atoms with E-state index in [-0.39, 0.29) is 5.91 Å². The van der Waals surface area contributed by atoms with Crippen LogP contribution in [-0.4, -0.2) is 22.0 Å². The zero-order chi connectivity index (χ0) is 16.2. The van der Waals surface area contributed by atoms with Gasteiger partial charge in [0, 0.05) is 35.4 Å². The van der Waals surface area contributed by atoms with E-state index in [0.29, 0.717) is 13.0 Å². The van der Waals surface area contributed by atoms with Crippen molar-refractivity contribution in [2.45, 2.75) is 26.3 Å². The molecule has 4 nitrogen and oxygen atoms in total. The molecule has 3 aromatic rings. The molecule has 0 radical (unpaired) electrons. The fourth-order valence-corrected chi connectivity index (χ4v) is 3.92. The number of H-pyrrole nitrogens is 1. The number of nitrogens with one attached hydrogen (secondary N) is 2. The predicted molar refractivity (Wildman–Crippen MR) is 97.5 cm³/mol. The van der Waals surface area contributed by atoms with Crippen LogP contribution in [0.25, 0.3) is 10.9 Å². The third kappa shape index (κ3) is 3.89. The lowest BCUT2D eigenvalue weighted by molar-refractivity contribution is -0.120. The topological polar surface area (TPSA) is 49.8 Å². The number of thiazole rings is 1.